The van der Waals surface area contributed by atoms with Gasteiger partial charge in [0.05, 0.1) is 16.9 Å². The highest BCUT2D eigenvalue weighted by Gasteiger charge is 2.30. The monoisotopic (exact) mass is 571 g/mol. The van der Waals surface area contributed by atoms with Crippen LogP contribution in [0.2, 0.25) is 0 Å². The number of anilines is 1. The molecular weight excluding hydrogens is 542 g/mol. The van der Waals surface area contributed by atoms with E-state index in [-0.39, 0.29) is 42.4 Å². The number of aryl methyl sites for hydroxylation is 2. The normalized spacial score (nSPS) is 13.8. The molecule has 1 saturated heterocycles. The molecule has 5 heterocycles. The van der Waals surface area contributed by atoms with Crippen molar-refractivity contribution in [2.24, 2.45) is 12.8 Å². The molecule has 15 nitrogen and oxygen atoms in total. The molecule has 1 aliphatic rings. The van der Waals surface area contributed by atoms with E-state index in [2.05, 4.69) is 25.1 Å². The lowest BCUT2D eigenvalue weighted by Crippen LogP contribution is -2.51. The van der Waals surface area contributed by atoms with E-state index in [1.54, 1.807) is 21.1 Å². The van der Waals surface area contributed by atoms with Crippen molar-refractivity contribution in [2.75, 3.05) is 31.1 Å². The summed E-state index contributed by atoms with van der Waals surface area (Å²) in [6.07, 6.45) is 3.54. The van der Waals surface area contributed by atoms with Gasteiger partial charge in [-0.2, -0.15) is 14.6 Å². The lowest BCUT2D eigenvalue weighted by atomic mass is 10.1. The highest BCUT2D eigenvalue weighted by atomic mass is 16.3. The first kappa shape index (κ1) is 26.9. The van der Waals surface area contributed by atoms with Crippen molar-refractivity contribution >= 4 is 34.2 Å². The molecule has 0 bridgehead atoms. The van der Waals surface area contributed by atoms with Crippen LogP contribution in [-0.2, 0) is 24.8 Å². The number of carbonyl (C=O) groups is 2. The number of hydrogen-bond acceptors (Lipinski definition) is 10. The first-order valence-corrected chi connectivity index (χ1v) is 13.5. The number of rotatable bonds is 6. The van der Waals surface area contributed by atoms with Crippen LogP contribution in [0.4, 0.5) is 5.69 Å². The Hall–Kier alpha value is -5.34. The first-order valence-electron chi connectivity index (χ1n) is 13.5. The first-order chi connectivity index (χ1) is 20.2. The van der Waals surface area contributed by atoms with Gasteiger partial charge in [0, 0.05) is 50.4 Å². The maximum absolute atomic E-state index is 14.0. The number of primary amides is 1. The second-order valence-electron chi connectivity index (χ2n) is 10.2. The summed E-state index contributed by atoms with van der Waals surface area (Å²) in [6, 6.07) is 5.59. The maximum atomic E-state index is 14.0. The number of amides is 2. The van der Waals surface area contributed by atoms with E-state index in [1.807, 2.05) is 43.3 Å². The number of nitrogens with two attached hydrogens (primary N) is 1. The van der Waals surface area contributed by atoms with Gasteiger partial charge >= 0.3 is 0 Å². The summed E-state index contributed by atoms with van der Waals surface area (Å²) < 4.78 is 4.56. The number of benzene rings is 1. The molecule has 0 spiro atoms. The number of fused-ring (bicyclic) bond motifs is 2. The maximum Gasteiger partial charge on any atom is 0.299 e. The van der Waals surface area contributed by atoms with Crippen molar-refractivity contribution < 1.29 is 14.7 Å². The Labute approximate surface area is 238 Å². The molecule has 5 aromatic rings. The van der Waals surface area contributed by atoms with Gasteiger partial charge in [-0.05, 0) is 31.5 Å². The zero-order valence-electron chi connectivity index (χ0n) is 23.4. The number of aromatic nitrogens is 8. The Bertz CT molecular complexity index is 1930. The van der Waals surface area contributed by atoms with Gasteiger partial charge in [0.25, 0.3) is 11.5 Å². The molecular formula is C27H29N11O4. The molecule has 0 aliphatic carbocycles. The van der Waals surface area contributed by atoms with Gasteiger partial charge < -0.3 is 25.2 Å². The van der Waals surface area contributed by atoms with Crippen LogP contribution in [-0.4, -0.2) is 86.9 Å². The van der Waals surface area contributed by atoms with Crippen molar-refractivity contribution in [1.82, 2.24) is 43.8 Å². The van der Waals surface area contributed by atoms with Gasteiger partial charge in [-0.15, -0.1) is 5.10 Å². The summed E-state index contributed by atoms with van der Waals surface area (Å²) in [7, 11) is 1.84. The van der Waals surface area contributed by atoms with E-state index in [0.29, 0.717) is 48.0 Å². The third-order valence-corrected chi connectivity index (χ3v) is 7.44. The van der Waals surface area contributed by atoms with Gasteiger partial charge in [0.1, 0.15) is 18.6 Å². The third kappa shape index (κ3) is 4.48. The van der Waals surface area contributed by atoms with Crippen LogP contribution in [0.25, 0.3) is 28.1 Å². The number of nitrogens with zero attached hydrogens (tertiary/aromatic N) is 10. The Morgan fingerprint density at radius 2 is 1.86 bits per heavy atom. The SMILES string of the molecule is CCc1c(N2CCN(C(=O)c3ncnc(C)c3O)CC2)c(=O)n2nc(-c3ccc4nn(C)cc4c3)nc2n1CC(N)=O. The van der Waals surface area contributed by atoms with Gasteiger partial charge in [0.2, 0.25) is 11.7 Å². The molecule has 0 radical (unpaired) electrons. The van der Waals surface area contributed by atoms with Crippen molar-refractivity contribution in [3.8, 4) is 17.1 Å². The second-order valence-corrected chi connectivity index (χ2v) is 10.2. The zero-order chi connectivity index (χ0) is 29.7. The molecule has 0 saturated carbocycles. The highest BCUT2D eigenvalue weighted by Crippen LogP contribution is 2.26. The van der Waals surface area contributed by atoms with Gasteiger partial charge in [0.15, 0.2) is 17.3 Å². The van der Waals surface area contributed by atoms with Crippen LogP contribution < -0.4 is 16.2 Å². The predicted octanol–water partition coefficient (Wildman–Crippen LogP) is 0.259. The molecule has 42 heavy (non-hydrogen) atoms. The van der Waals surface area contributed by atoms with Crippen molar-refractivity contribution in [2.45, 2.75) is 26.8 Å². The fraction of sp³-hybridized carbons (Fsp3) is 0.333. The predicted molar refractivity (Wildman–Crippen MR) is 152 cm³/mol. The van der Waals surface area contributed by atoms with E-state index in [4.69, 9.17) is 5.73 Å². The molecule has 1 aliphatic heterocycles. The number of aromatic hydroxyl groups is 1. The second kappa shape index (κ2) is 10.2. The Balaban J connectivity index is 1.39. The molecule has 1 aromatic carbocycles. The topological polar surface area (TPSA) is 183 Å². The van der Waals surface area contributed by atoms with Crippen LogP contribution >= 0.6 is 0 Å². The lowest BCUT2D eigenvalue weighted by Gasteiger charge is -2.36. The van der Waals surface area contributed by atoms with Crippen LogP contribution in [0.3, 0.4) is 0 Å². The van der Waals surface area contributed by atoms with Gasteiger partial charge in [-0.1, -0.05) is 6.92 Å². The average Bonchev–Trinajstić information content (AvgIpc) is 3.58. The largest absolute Gasteiger partial charge is 0.504 e. The van der Waals surface area contributed by atoms with Gasteiger partial charge in [-0.25, -0.2) is 9.97 Å². The summed E-state index contributed by atoms with van der Waals surface area (Å²) in [5.74, 6) is -0.711. The minimum Gasteiger partial charge on any atom is -0.504 e. The summed E-state index contributed by atoms with van der Waals surface area (Å²) >= 11 is 0. The van der Waals surface area contributed by atoms with E-state index >= 15 is 0 Å². The zero-order valence-corrected chi connectivity index (χ0v) is 23.4. The fourth-order valence-electron chi connectivity index (χ4n) is 5.40. The average molecular weight is 572 g/mol. The smallest absolute Gasteiger partial charge is 0.299 e. The van der Waals surface area contributed by atoms with E-state index < -0.39 is 11.8 Å². The fourth-order valence-corrected chi connectivity index (χ4v) is 5.40. The van der Waals surface area contributed by atoms with Crippen LogP contribution in [0, 0.1) is 6.92 Å². The lowest BCUT2D eigenvalue weighted by molar-refractivity contribution is -0.118. The molecule has 2 amide bonds. The molecule has 15 heteroatoms. The third-order valence-electron chi connectivity index (χ3n) is 7.44. The molecule has 216 valence electrons. The van der Waals surface area contributed by atoms with Crippen molar-refractivity contribution in [1.29, 1.82) is 0 Å². The molecule has 1 fully saturated rings. The van der Waals surface area contributed by atoms with Crippen molar-refractivity contribution in [3.05, 3.63) is 58.2 Å². The summed E-state index contributed by atoms with van der Waals surface area (Å²) in [6.45, 7) is 4.53. The Kier molecular flexibility index (Phi) is 6.55. The van der Waals surface area contributed by atoms with E-state index in [9.17, 15) is 19.5 Å². The van der Waals surface area contributed by atoms with Crippen LogP contribution in [0.15, 0.2) is 35.5 Å². The molecule has 4 aromatic heterocycles. The molecule has 6 rings (SSSR count). The molecule has 0 unspecified atom stereocenters. The summed E-state index contributed by atoms with van der Waals surface area (Å²) in [5.41, 5.74) is 7.98. The quantitative estimate of drug-likeness (QED) is 0.287. The minimum absolute atomic E-state index is 0.0601. The summed E-state index contributed by atoms with van der Waals surface area (Å²) in [4.78, 5) is 55.2. The van der Waals surface area contributed by atoms with E-state index in [0.717, 1.165) is 10.9 Å². The van der Waals surface area contributed by atoms with E-state index in [1.165, 1.54) is 10.8 Å². The number of hydrogen-bond donors (Lipinski definition) is 2. The molecule has 0 atom stereocenters. The summed E-state index contributed by atoms with van der Waals surface area (Å²) in [5, 5.41) is 20.1. The number of piperazine rings is 1. The Morgan fingerprint density at radius 3 is 2.57 bits per heavy atom. The van der Waals surface area contributed by atoms with Gasteiger partial charge in [-0.3, -0.25) is 19.1 Å². The number of carbonyl (C=O) groups excluding carboxylic acids is 2. The minimum atomic E-state index is -0.585. The van der Waals surface area contributed by atoms with Crippen LogP contribution in [0.5, 0.6) is 5.75 Å². The molecule has 3 N–H and O–H groups in total. The van der Waals surface area contributed by atoms with Crippen molar-refractivity contribution in [3.63, 3.8) is 0 Å². The highest BCUT2D eigenvalue weighted by molar-refractivity contribution is 5.95. The van der Waals surface area contributed by atoms with Crippen LogP contribution in [0.1, 0.15) is 28.8 Å². The Morgan fingerprint density at radius 1 is 1.10 bits per heavy atom. The standard InChI is InChI=1S/C27H29N11O4/c1-4-19-22(35-7-9-36(10-8-35)25(41)21-23(40)15(2)29-14-30-21)26(42)38-27(37(19)13-20(28)39)31-24(33-38)16-5-6-18-17(11-16)12-34(3)32-18/h5-6,11-12,14,40H,4,7-10,13H2,1-3H3,(H2,28,39).